The van der Waals surface area contributed by atoms with E-state index in [4.69, 9.17) is 15.7 Å². The first-order chi connectivity index (χ1) is 7.99. The van der Waals surface area contributed by atoms with Crippen LogP contribution >= 0.6 is 0 Å². The SMILES string of the molecule is [B]C(=O)OCc1ccc(O)c(COC([B])=O)c1.[Ir]. The molecule has 0 fully saturated rings. The minimum absolute atomic E-state index is 0. The van der Waals surface area contributed by atoms with Gasteiger partial charge in [-0.15, -0.1) is 0 Å². The van der Waals surface area contributed by atoms with Crippen LogP contribution in [0.4, 0.5) is 9.59 Å². The van der Waals surface area contributed by atoms with Gasteiger partial charge in [-0.25, -0.2) is 0 Å². The van der Waals surface area contributed by atoms with Crippen LogP contribution in [0.15, 0.2) is 18.2 Å². The molecule has 0 heterocycles. The zero-order valence-electron chi connectivity index (χ0n) is 9.21. The predicted molar refractivity (Wildman–Crippen MR) is 60.0 cm³/mol. The minimum Gasteiger partial charge on any atom is -0.508 e. The Labute approximate surface area is 120 Å². The van der Waals surface area contributed by atoms with Gasteiger partial charge in [0, 0.05) is 25.7 Å². The number of aromatic hydroxyl groups is 1. The van der Waals surface area contributed by atoms with E-state index in [9.17, 15) is 14.7 Å². The average Bonchev–Trinajstić information content (AvgIpc) is 2.26. The Hall–Kier alpha value is -1.26. The number of phenols is 1. The predicted octanol–water partition coefficient (Wildman–Crippen LogP) is 1.000. The maximum absolute atomic E-state index is 10.4. The fourth-order valence-corrected chi connectivity index (χ4v) is 1.15. The third-order valence-electron chi connectivity index (χ3n) is 1.89. The Kier molecular flexibility index (Phi) is 7.39. The summed E-state index contributed by atoms with van der Waals surface area (Å²) in [6.07, 6.45) is 0. The number of hydrogen-bond acceptors (Lipinski definition) is 5. The molecule has 1 aromatic rings. The van der Waals surface area contributed by atoms with E-state index >= 15 is 0 Å². The van der Waals surface area contributed by atoms with Gasteiger partial charge in [0.25, 0.3) is 0 Å². The summed E-state index contributed by atoms with van der Waals surface area (Å²) in [7, 11) is 9.61. The molecule has 0 unspecified atom stereocenters. The van der Waals surface area contributed by atoms with Crippen molar-refractivity contribution in [3.05, 3.63) is 29.3 Å². The van der Waals surface area contributed by atoms with Crippen molar-refractivity contribution in [3.63, 3.8) is 0 Å². The molecule has 0 saturated carbocycles. The smallest absolute Gasteiger partial charge is 0.236 e. The molecule has 8 heteroatoms. The first-order valence-electron chi connectivity index (χ1n) is 4.64. The first kappa shape index (κ1) is 16.7. The van der Waals surface area contributed by atoms with Gasteiger partial charge in [0.2, 0.25) is 27.4 Å². The second-order valence-corrected chi connectivity index (χ2v) is 3.18. The van der Waals surface area contributed by atoms with Crippen LogP contribution in [0.5, 0.6) is 5.75 Å². The van der Waals surface area contributed by atoms with Crippen LogP contribution in [0.25, 0.3) is 0 Å². The number of carbonyl (C=O) groups is 2. The van der Waals surface area contributed by atoms with E-state index in [-0.39, 0.29) is 39.1 Å². The van der Waals surface area contributed by atoms with Crippen molar-refractivity contribution in [1.82, 2.24) is 0 Å². The molecule has 0 saturated heterocycles. The van der Waals surface area contributed by atoms with Gasteiger partial charge in [-0.3, -0.25) is 9.59 Å². The third kappa shape index (κ3) is 5.89. The van der Waals surface area contributed by atoms with Gasteiger partial charge >= 0.3 is 0 Å². The van der Waals surface area contributed by atoms with Crippen LogP contribution in [0.1, 0.15) is 11.1 Å². The van der Waals surface area contributed by atoms with Crippen molar-refractivity contribution >= 4 is 27.4 Å². The Bertz CT molecular complexity index is 438. The molecule has 0 aliphatic heterocycles. The number of ether oxygens (including phenoxy) is 2. The Morgan fingerprint density at radius 2 is 1.67 bits per heavy atom. The Morgan fingerprint density at radius 1 is 1.11 bits per heavy atom. The average molecular weight is 422 g/mol. The fourth-order valence-electron chi connectivity index (χ4n) is 1.15. The van der Waals surface area contributed by atoms with E-state index in [2.05, 4.69) is 9.47 Å². The van der Waals surface area contributed by atoms with Crippen molar-refractivity contribution in [1.29, 1.82) is 0 Å². The van der Waals surface area contributed by atoms with Gasteiger partial charge in [-0.2, -0.15) is 0 Å². The van der Waals surface area contributed by atoms with Gasteiger partial charge in [-0.05, 0) is 17.7 Å². The maximum Gasteiger partial charge on any atom is 0.236 e. The third-order valence-corrected chi connectivity index (χ3v) is 1.89. The van der Waals surface area contributed by atoms with Crippen molar-refractivity contribution in [2.75, 3.05) is 0 Å². The molecule has 93 valence electrons. The summed E-state index contributed by atoms with van der Waals surface area (Å²) < 4.78 is 9.11. The number of phenolic OH excluding ortho intramolecular Hbond substituents is 1. The molecule has 5 radical (unpaired) electrons. The van der Waals surface area contributed by atoms with E-state index < -0.39 is 11.7 Å². The van der Waals surface area contributed by atoms with Crippen molar-refractivity contribution in [2.24, 2.45) is 0 Å². The molecule has 0 aromatic heterocycles. The van der Waals surface area contributed by atoms with Crippen LogP contribution in [-0.2, 0) is 42.8 Å². The summed E-state index contributed by atoms with van der Waals surface area (Å²) >= 11 is 0. The van der Waals surface area contributed by atoms with Crippen LogP contribution in [-0.4, -0.2) is 32.5 Å². The van der Waals surface area contributed by atoms with Crippen molar-refractivity contribution < 1.29 is 44.3 Å². The second-order valence-electron chi connectivity index (χ2n) is 3.18. The summed E-state index contributed by atoms with van der Waals surface area (Å²) in [6.45, 7) is -0.190. The van der Waals surface area contributed by atoms with Crippen LogP contribution in [0.3, 0.4) is 0 Å². The van der Waals surface area contributed by atoms with Gasteiger partial charge in [0.05, 0.1) is 0 Å². The number of hydrogen-bond donors (Lipinski definition) is 1. The molecular weight excluding hydrogens is 414 g/mol. The normalized spacial score (nSPS) is 9.11. The molecule has 0 spiro atoms. The molecule has 0 aliphatic carbocycles. The van der Waals surface area contributed by atoms with E-state index in [0.717, 1.165) is 0 Å². The van der Waals surface area contributed by atoms with Crippen molar-refractivity contribution in [3.8, 4) is 5.75 Å². The molecule has 0 atom stereocenters. The molecule has 1 N–H and O–H groups in total. The Morgan fingerprint density at radius 3 is 2.22 bits per heavy atom. The fraction of sp³-hybridized carbons (Fsp3) is 0.200. The molecule has 18 heavy (non-hydrogen) atoms. The molecule has 1 aromatic carbocycles. The summed E-state index contributed by atoms with van der Waals surface area (Å²) in [4.78, 5) is 20.8. The zero-order chi connectivity index (χ0) is 12.8. The summed E-state index contributed by atoms with van der Waals surface area (Å²) in [5, 5.41) is 9.46. The minimum atomic E-state index is -0.941. The quantitative estimate of drug-likeness (QED) is 0.734. The summed E-state index contributed by atoms with van der Waals surface area (Å²) in [5.41, 5.74) is 0.957. The van der Waals surface area contributed by atoms with E-state index in [0.29, 0.717) is 11.1 Å². The summed E-state index contributed by atoms with van der Waals surface area (Å²) in [5.74, 6) is -1.88. The van der Waals surface area contributed by atoms with Crippen LogP contribution < -0.4 is 0 Å². The van der Waals surface area contributed by atoms with Crippen LogP contribution in [0, 0.1) is 0 Å². The largest absolute Gasteiger partial charge is 0.508 e. The van der Waals surface area contributed by atoms with E-state index in [1.54, 1.807) is 6.07 Å². The second kappa shape index (κ2) is 7.95. The maximum atomic E-state index is 10.4. The first-order valence-corrected chi connectivity index (χ1v) is 4.64. The summed E-state index contributed by atoms with van der Waals surface area (Å²) in [6, 6.07) is 4.45. The molecular formula is C10H8B2IrO5. The molecule has 0 aliphatic rings. The topological polar surface area (TPSA) is 72.8 Å². The number of carbonyl (C=O) groups excluding carboxylic acids is 2. The molecule has 0 amide bonds. The van der Waals surface area contributed by atoms with Crippen molar-refractivity contribution in [2.45, 2.75) is 13.2 Å². The molecule has 0 bridgehead atoms. The standard InChI is InChI=1S/C10H8B2O5.Ir/c11-9(14)16-4-6-1-2-8(13)7(3-6)5-17-10(12)15;/h1-3,13H,4-5H2;. The monoisotopic (exact) mass is 423 g/mol. The number of rotatable bonds is 4. The van der Waals surface area contributed by atoms with E-state index in [1.165, 1.54) is 12.1 Å². The van der Waals surface area contributed by atoms with Gasteiger partial charge in [0.1, 0.15) is 19.0 Å². The van der Waals surface area contributed by atoms with E-state index in [1.807, 2.05) is 0 Å². The number of benzene rings is 1. The zero-order valence-corrected chi connectivity index (χ0v) is 11.6. The Balaban J connectivity index is 0.00000289. The molecule has 5 nitrogen and oxygen atoms in total. The van der Waals surface area contributed by atoms with Gasteiger partial charge in [-0.1, -0.05) is 6.07 Å². The van der Waals surface area contributed by atoms with Gasteiger partial charge in [0.15, 0.2) is 0 Å². The van der Waals surface area contributed by atoms with Crippen LogP contribution in [0.2, 0.25) is 0 Å². The van der Waals surface area contributed by atoms with Gasteiger partial charge < -0.3 is 14.6 Å². The molecule has 1 rings (SSSR count).